The molecule has 4 heteroatoms. The molecule has 110 valence electrons. The van der Waals surface area contributed by atoms with Gasteiger partial charge in [0.1, 0.15) is 17.3 Å². The topological polar surface area (TPSA) is 47.1 Å². The van der Waals surface area contributed by atoms with Gasteiger partial charge < -0.3 is 15.2 Å². The van der Waals surface area contributed by atoms with Crippen LogP contribution in [0.15, 0.2) is 18.2 Å². The summed E-state index contributed by atoms with van der Waals surface area (Å²) in [6.07, 6.45) is 5.87. The molecular formula is C17H22N4. The Balaban J connectivity index is 1.79. The first-order chi connectivity index (χ1) is 10.2. The molecule has 0 saturated carbocycles. The molecule has 4 rings (SSSR count). The molecule has 1 aromatic heterocycles. The molecule has 0 atom stereocenters. The predicted molar refractivity (Wildman–Crippen MR) is 86.6 cm³/mol. The van der Waals surface area contributed by atoms with Crippen molar-refractivity contribution in [2.24, 2.45) is 0 Å². The van der Waals surface area contributed by atoms with Crippen LogP contribution >= 0.6 is 0 Å². The Labute approximate surface area is 125 Å². The molecule has 0 spiro atoms. The lowest BCUT2D eigenvalue weighted by Gasteiger charge is -2.27. The Morgan fingerprint density at radius 2 is 2.00 bits per heavy atom. The normalized spacial score (nSPS) is 17.5. The van der Waals surface area contributed by atoms with Crippen molar-refractivity contribution >= 4 is 11.5 Å². The maximum atomic E-state index is 6.35. The molecule has 0 saturated heterocycles. The van der Waals surface area contributed by atoms with Crippen molar-refractivity contribution in [2.45, 2.75) is 38.6 Å². The highest BCUT2D eigenvalue weighted by atomic mass is 15.1. The molecule has 1 aromatic carbocycles. The third-order valence-corrected chi connectivity index (χ3v) is 4.82. The van der Waals surface area contributed by atoms with E-state index in [1.54, 1.807) is 0 Å². The second-order valence-electron chi connectivity index (χ2n) is 6.24. The summed E-state index contributed by atoms with van der Waals surface area (Å²) in [5.41, 5.74) is 11.3. The summed E-state index contributed by atoms with van der Waals surface area (Å²) in [7, 11) is 2.17. The van der Waals surface area contributed by atoms with Gasteiger partial charge in [-0.2, -0.15) is 0 Å². The maximum absolute atomic E-state index is 6.35. The van der Waals surface area contributed by atoms with E-state index in [9.17, 15) is 0 Å². The van der Waals surface area contributed by atoms with E-state index >= 15 is 0 Å². The average Bonchev–Trinajstić information content (AvgIpc) is 2.85. The molecule has 4 nitrogen and oxygen atoms in total. The molecule has 0 radical (unpaired) electrons. The van der Waals surface area contributed by atoms with Gasteiger partial charge in [0.25, 0.3) is 0 Å². The quantitative estimate of drug-likeness (QED) is 0.875. The van der Waals surface area contributed by atoms with Crippen molar-refractivity contribution in [1.82, 2.24) is 9.55 Å². The van der Waals surface area contributed by atoms with Gasteiger partial charge in [0.2, 0.25) is 0 Å². The SMILES string of the molecule is CN1CCCc2cc(-c3nc4n(c3N)CCCC4)ccc21. The highest BCUT2D eigenvalue weighted by molar-refractivity contribution is 5.74. The lowest BCUT2D eigenvalue weighted by molar-refractivity contribution is 0.527. The van der Waals surface area contributed by atoms with Gasteiger partial charge in [0.15, 0.2) is 0 Å². The van der Waals surface area contributed by atoms with Crippen LogP contribution < -0.4 is 10.6 Å². The van der Waals surface area contributed by atoms with E-state index in [1.807, 2.05) is 0 Å². The zero-order valence-electron chi connectivity index (χ0n) is 12.6. The first-order valence-corrected chi connectivity index (χ1v) is 7.93. The highest BCUT2D eigenvalue weighted by Crippen LogP contribution is 2.34. The van der Waals surface area contributed by atoms with Crippen molar-refractivity contribution in [3.8, 4) is 11.3 Å². The van der Waals surface area contributed by atoms with Gasteiger partial charge in [-0.1, -0.05) is 6.07 Å². The molecule has 0 unspecified atom stereocenters. The minimum absolute atomic E-state index is 0.841. The van der Waals surface area contributed by atoms with Crippen LogP contribution in [0.5, 0.6) is 0 Å². The van der Waals surface area contributed by atoms with Crippen LogP contribution in [0.25, 0.3) is 11.3 Å². The standard InChI is InChI=1S/C17H22N4/c1-20-9-4-5-12-11-13(7-8-14(12)20)16-17(18)21-10-3-2-6-15(21)19-16/h7-8,11H,2-6,9-10,18H2,1H3. The summed E-state index contributed by atoms with van der Waals surface area (Å²) >= 11 is 0. The number of nitrogen functional groups attached to an aromatic ring is 1. The number of fused-ring (bicyclic) bond motifs is 2. The second-order valence-corrected chi connectivity index (χ2v) is 6.24. The van der Waals surface area contributed by atoms with Crippen LogP contribution in [0.1, 0.15) is 30.7 Å². The van der Waals surface area contributed by atoms with E-state index < -0.39 is 0 Å². The van der Waals surface area contributed by atoms with E-state index in [4.69, 9.17) is 10.7 Å². The van der Waals surface area contributed by atoms with Crippen molar-refractivity contribution in [1.29, 1.82) is 0 Å². The predicted octanol–water partition coefficient (Wildman–Crippen LogP) is 2.85. The third kappa shape index (κ3) is 2.01. The second kappa shape index (κ2) is 4.79. The third-order valence-electron chi connectivity index (χ3n) is 4.82. The van der Waals surface area contributed by atoms with Crippen LogP contribution in [0.2, 0.25) is 0 Å². The van der Waals surface area contributed by atoms with Crippen LogP contribution in [0, 0.1) is 0 Å². The van der Waals surface area contributed by atoms with Crippen molar-refractivity contribution in [2.75, 3.05) is 24.2 Å². The molecule has 0 amide bonds. The Kier molecular flexibility index (Phi) is 2.91. The number of hydrogen-bond acceptors (Lipinski definition) is 3. The zero-order valence-corrected chi connectivity index (χ0v) is 12.6. The summed E-state index contributed by atoms with van der Waals surface area (Å²) in [5, 5.41) is 0. The fraction of sp³-hybridized carbons (Fsp3) is 0.471. The molecule has 2 aliphatic heterocycles. The Morgan fingerprint density at radius 3 is 2.86 bits per heavy atom. The first-order valence-electron chi connectivity index (χ1n) is 7.93. The number of aromatic nitrogens is 2. The smallest absolute Gasteiger partial charge is 0.131 e. The molecule has 0 bridgehead atoms. The maximum Gasteiger partial charge on any atom is 0.131 e. The number of aryl methyl sites for hydroxylation is 2. The first kappa shape index (κ1) is 12.7. The van der Waals surface area contributed by atoms with Crippen LogP contribution in [-0.4, -0.2) is 23.1 Å². The molecule has 2 aliphatic rings. The highest BCUT2D eigenvalue weighted by Gasteiger charge is 2.20. The van der Waals surface area contributed by atoms with Crippen molar-refractivity contribution in [3.63, 3.8) is 0 Å². The zero-order chi connectivity index (χ0) is 14.4. The number of hydrogen-bond donors (Lipinski definition) is 1. The van der Waals surface area contributed by atoms with Gasteiger partial charge in [-0.3, -0.25) is 0 Å². The van der Waals surface area contributed by atoms with E-state index in [1.165, 1.54) is 36.1 Å². The molecular weight excluding hydrogens is 260 g/mol. The Morgan fingerprint density at radius 1 is 1.10 bits per heavy atom. The number of anilines is 2. The number of benzene rings is 1. The van der Waals surface area contributed by atoms with E-state index in [2.05, 4.69) is 34.7 Å². The van der Waals surface area contributed by atoms with Crippen LogP contribution in [-0.2, 0) is 19.4 Å². The monoisotopic (exact) mass is 282 g/mol. The molecule has 2 N–H and O–H groups in total. The van der Waals surface area contributed by atoms with E-state index in [0.717, 1.165) is 43.3 Å². The van der Waals surface area contributed by atoms with Gasteiger partial charge in [-0.15, -0.1) is 0 Å². The van der Waals surface area contributed by atoms with Gasteiger partial charge in [0, 0.05) is 37.8 Å². The number of nitrogens with zero attached hydrogens (tertiary/aromatic N) is 3. The lowest BCUT2D eigenvalue weighted by Crippen LogP contribution is -2.24. The average molecular weight is 282 g/mol. The summed E-state index contributed by atoms with van der Waals surface area (Å²) in [6.45, 7) is 2.16. The fourth-order valence-corrected chi connectivity index (χ4v) is 3.65. The summed E-state index contributed by atoms with van der Waals surface area (Å²) in [4.78, 5) is 7.15. The molecule has 3 heterocycles. The van der Waals surface area contributed by atoms with Gasteiger partial charge in [-0.05, 0) is 43.4 Å². The minimum atomic E-state index is 0.841. The van der Waals surface area contributed by atoms with Crippen molar-refractivity contribution < 1.29 is 0 Å². The number of rotatable bonds is 1. The largest absolute Gasteiger partial charge is 0.383 e. The van der Waals surface area contributed by atoms with Gasteiger partial charge in [-0.25, -0.2) is 4.98 Å². The molecule has 0 fully saturated rings. The summed E-state index contributed by atoms with van der Waals surface area (Å²) in [5.74, 6) is 2.00. The van der Waals surface area contributed by atoms with Gasteiger partial charge in [0.05, 0.1) is 0 Å². The minimum Gasteiger partial charge on any atom is -0.383 e. The fourth-order valence-electron chi connectivity index (χ4n) is 3.65. The lowest BCUT2D eigenvalue weighted by atomic mass is 9.98. The molecule has 0 aliphatic carbocycles. The van der Waals surface area contributed by atoms with Crippen LogP contribution in [0.3, 0.4) is 0 Å². The summed E-state index contributed by atoms with van der Waals surface area (Å²) < 4.78 is 2.20. The van der Waals surface area contributed by atoms with Crippen LogP contribution in [0.4, 0.5) is 11.5 Å². The molecule has 21 heavy (non-hydrogen) atoms. The number of imidazole rings is 1. The van der Waals surface area contributed by atoms with Crippen molar-refractivity contribution in [3.05, 3.63) is 29.6 Å². The van der Waals surface area contributed by atoms with E-state index in [0.29, 0.717) is 0 Å². The summed E-state index contributed by atoms with van der Waals surface area (Å²) in [6, 6.07) is 6.68. The number of nitrogens with two attached hydrogens (primary N) is 1. The Bertz CT molecular complexity index is 686. The Hall–Kier alpha value is -1.97. The van der Waals surface area contributed by atoms with Gasteiger partial charge >= 0.3 is 0 Å². The molecule has 2 aromatic rings. The van der Waals surface area contributed by atoms with E-state index in [-0.39, 0.29) is 0 Å².